The van der Waals surface area contributed by atoms with E-state index in [2.05, 4.69) is 36.8 Å². The van der Waals surface area contributed by atoms with Crippen LogP contribution in [-0.2, 0) is 16.0 Å². The Morgan fingerprint density at radius 1 is 1.05 bits per heavy atom. The van der Waals surface area contributed by atoms with Crippen LogP contribution in [0.2, 0.25) is 0 Å². The first-order chi connectivity index (χ1) is 9.17. The first-order valence-electron chi connectivity index (χ1n) is 5.89. The molecule has 0 aliphatic carbocycles. The predicted octanol–water partition coefficient (Wildman–Crippen LogP) is 4.00. The molecule has 0 heterocycles. The molecule has 2 rings (SSSR count). The first-order valence-corrected chi connectivity index (χ1v) is 8.34. The van der Waals surface area contributed by atoms with Crippen LogP contribution in [0.5, 0.6) is 0 Å². The van der Waals surface area contributed by atoms with Crippen molar-refractivity contribution in [1.82, 2.24) is 0 Å². The van der Waals surface area contributed by atoms with Gasteiger partial charge >= 0.3 is 5.97 Å². The lowest BCUT2D eigenvalue weighted by Crippen LogP contribution is -2.04. The third-order valence-corrected chi connectivity index (χ3v) is 4.67. The van der Waals surface area contributed by atoms with Gasteiger partial charge in [0.15, 0.2) is 0 Å². The molecular formula is C15H16O2S2. The van der Waals surface area contributed by atoms with E-state index in [1.165, 1.54) is 27.7 Å². The summed E-state index contributed by atoms with van der Waals surface area (Å²) < 4.78 is 4.70. The average molecular weight is 292 g/mol. The van der Waals surface area contributed by atoms with Crippen LogP contribution in [-0.4, -0.2) is 25.6 Å². The van der Waals surface area contributed by atoms with Gasteiger partial charge in [0.25, 0.3) is 0 Å². The molecule has 2 aromatic rings. The maximum atomic E-state index is 11.3. The van der Waals surface area contributed by atoms with Crippen LogP contribution in [0.1, 0.15) is 5.56 Å². The zero-order valence-corrected chi connectivity index (χ0v) is 12.9. The summed E-state index contributed by atoms with van der Waals surface area (Å²) in [6.07, 6.45) is 4.50. The van der Waals surface area contributed by atoms with Crippen molar-refractivity contribution in [3.8, 4) is 0 Å². The van der Waals surface area contributed by atoms with Crippen LogP contribution >= 0.6 is 23.5 Å². The monoisotopic (exact) mass is 292 g/mol. The Labute approximate surface area is 121 Å². The summed E-state index contributed by atoms with van der Waals surface area (Å²) in [5, 5.41) is 2.37. The molecule has 0 bridgehead atoms. The number of carbonyl (C=O) groups is 1. The third kappa shape index (κ3) is 3.25. The smallest absolute Gasteiger partial charge is 0.309 e. The van der Waals surface area contributed by atoms with Gasteiger partial charge in [-0.3, -0.25) is 4.79 Å². The minimum Gasteiger partial charge on any atom is -0.469 e. The molecule has 2 nitrogen and oxygen atoms in total. The second kappa shape index (κ2) is 6.35. The van der Waals surface area contributed by atoms with E-state index in [9.17, 15) is 4.79 Å². The second-order valence-corrected chi connectivity index (χ2v) is 5.84. The number of ether oxygens (including phenoxy) is 1. The number of fused-ring (bicyclic) bond motifs is 1. The van der Waals surface area contributed by atoms with Crippen LogP contribution < -0.4 is 0 Å². The molecule has 0 spiro atoms. The number of hydrogen-bond donors (Lipinski definition) is 0. The third-order valence-electron chi connectivity index (χ3n) is 2.98. The Morgan fingerprint density at radius 2 is 1.68 bits per heavy atom. The largest absolute Gasteiger partial charge is 0.469 e. The van der Waals surface area contributed by atoms with Crippen molar-refractivity contribution in [1.29, 1.82) is 0 Å². The lowest BCUT2D eigenvalue weighted by molar-refractivity contribution is -0.139. The molecule has 0 radical (unpaired) electrons. The molecule has 0 saturated heterocycles. The van der Waals surface area contributed by atoms with Gasteiger partial charge in [-0.2, -0.15) is 0 Å². The molecule has 0 amide bonds. The Balaban J connectivity index is 2.44. The van der Waals surface area contributed by atoms with Gasteiger partial charge < -0.3 is 4.74 Å². The lowest BCUT2D eigenvalue weighted by atomic mass is 10.1. The molecule has 0 saturated carbocycles. The number of hydrogen-bond acceptors (Lipinski definition) is 4. The second-order valence-electron chi connectivity index (χ2n) is 4.14. The molecule has 0 aliphatic heterocycles. The van der Waals surface area contributed by atoms with Gasteiger partial charge in [0.1, 0.15) is 0 Å². The van der Waals surface area contributed by atoms with Gasteiger partial charge in [0.05, 0.1) is 13.5 Å². The molecule has 0 unspecified atom stereocenters. The molecule has 0 aromatic heterocycles. The number of thioether (sulfide) groups is 2. The molecule has 0 aliphatic rings. The number of methoxy groups -OCH3 is 1. The van der Waals surface area contributed by atoms with Gasteiger partial charge in [-0.1, -0.05) is 18.2 Å². The maximum absolute atomic E-state index is 11.3. The normalized spacial score (nSPS) is 10.7. The van der Waals surface area contributed by atoms with E-state index in [1.54, 1.807) is 23.5 Å². The number of benzene rings is 2. The summed E-state index contributed by atoms with van der Waals surface area (Å²) >= 11 is 3.51. The molecule has 4 heteroatoms. The van der Waals surface area contributed by atoms with Gasteiger partial charge in [0.2, 0.25) is 0 Å². The van der Waals surface area contributed by atoms with Gasteiger partial charge in [-0.15, -0.1) is 23.5 Å². The fourth-order valence-electron chi connectivity index (χ4n) is 1.97. The van der Waals surface area contributed by atoms with Crippen LogP contribution in [0.25, 0.3) is 10.8 Å². The van der Waals surface area contributed by atoms with Crippen molar-refractivity contribution in [2.24, 2.45) is 0 Å². The number of carbonyl (C=O) groups excluding carboxylic acids is 1. The van der Waals surface area contributed by atoms with Crippen molar-refractivity contribution in [3.05, 3.63) is 35.9 Å². The van der Waals surface area contributed by atoms with Gasteiger partial charge in [-0.25, -0.2) is 0 Å². The lowest BCUT2D eigenvalue weighted by Gasteiger charge is -2.08. The standard InChI is InChI=1S/C15H16O2S2/c1-17-15(16)7-10-4-5-11-8-13(18-2)14(19-3)9-12(11)6-10/h4-6,8-9H,7H2,1-3H3. The van der Waals surface area contributed by atoms with E-state index in [0.29, 0.717) is 6.42 Å². The van der Waals surface area contributed by atoms with E-state index in [1.807, 2.05) is 6.07 Å². The van der Waals surface area contributed by atoms with Crippen molar-refractivity contribution in [3.63, 3.8) is 0 Å². The molecule has 0 fully saturated rings. The number of esters is 1. The summed E-state index contributed by atoms with van der Waals surface area (Å²) in [5.41, 5.74) is 0.989. The molecule has 100 valence electrons. The summed E-state index contributed by atoms with van der Waals surface area (Å²) in [5.74, 6) is -0.204. The van der Waals surface area contributed by atoms with Gasteiger partial charge in [0, 0.05) is 9.79 Å². The Kier molecular flexibility index (Phi) is 4.77. The minimum atomic E-state index is -0.204. The quantitative estimate of drug-likeness (QED) is 0.628. The van der Waals surface area contributed by atoms with Crippen molar-refractivity contribution in [2.45, 2.75) is 16.2 Å². The molecule has 0 N–H and O–H groups in total. The van der Waals surface area contributed by atoms with E-state index >= 15 is 0 Å². The fourth-order valence-corrected chi connectivity index (χ4v) is 3.48. The Hall–Kier alpha value is -1.13. The zero-order valence-electron chi connectivity index (χ0n) is 11.2. The van der Waals surface area contributed by atoms with E-state index < -0.39 is 0 Å². The summed E-state index contributed by atoms with van der Waals surface area (Å²) in [6, 6.07) is 10.5. The van der Waals surface area contributed by atoms with Crippen LogP contribution in [0.3, 0.4) is 0 Å². The van der Waals surface area contributed by atoms with Crippen molar-refractivity contribution >= 4 is 40.3 Å². The topological polar surface area (TPSA) is 26.3 Å². The molecule has 19 heavy (non-hydrogen) atoms. The van der Waals surface area contributed by atoms with Crippen LogP contribution in [0, 0.1) is 0 Å². The Bertz CT molecular complexity index is 608. The van der Waals surface area contributed by atoms with E-state index in [0.717, 1.165) is 5.56 Å². The first kappa shape index (κ1) is 14.3. The predicted molar refractivity (Wildman–Crippen MR) is 83.2 cm³/mol. The molecule has 2 aromatic carbocycles. The van der Waals surface area contributed by atoms with Gasteiger partial charge in [-0.05, 0) is 41.0 Å². The summed E-state index contributed by atoms with van der Waals surface area (Å²) in [7, 11) is 1.42. The molecule has 0 atom stereocenters. The van der Waals surface area contributed by atoms with Crippen molar-refractivity contribution < 1.29 is 9.53 Å². The van der Waals surface area contributed by atoms with Crippen LogP contribution in [0.4, 0.5) is 0 Å². The maximum Gasteiger partial charge on any atom is 0.309 e. The van der Waals surface area contributed by atoms with Crippen LogP contribution in [0.15, 0.2) is 40.1 Å². The highest BCUT2D eigenvalue weighted by Gasteiger charge is 2.07. The van der Waals surface area contributed by atoms with Crippen molar-refractivity contribution in [2.75, 3.05) is 19.6 Å². The zero-order chi connectivity index (χ0) is 13.8. The highest BCUT2D eigenvalue weighted by atomic mass is 32.2. The summed E-state index contributed by atoms with van der Waals surface area (Å²) in [4.78, 5) is 13.9. The highest BCUT2D eigenvalue weighted by Crippen LogP contribution is 2.32. The fraction of sp³-hybridized carbons (Fsp3) is 0.267. The van der Waals surface area contributed by atoms with E-state index in [-0.39, 0.29) is 5.97 Å². The Morgan fingerprint density at radius 3 is 2.26 bits per heavy atom. The SMILES string of the molecule is COC(=O)Cc1ccc2cc(SC)c(SC)cc2c1. The average Bonchev–Trinajstić information content (AvgIpc) is 2.45. The number of rotatable bonds is 4. The summed E-state index contributed by atoms with van der Waals surface area (Å²) in [6.45, 7) is 0. The molecular weight excluding hydrogens is 276 g/mol. The highest BCUT2D eigenvalue weighted by molar-refractivity contribution is 8.01. The van der Waals surface area contributed by atoms with E-state index in [4.69, 9.17) is 4.74 Å². The minimum absolute atomic E-state index is 0.204.